The van der Waals surface area contributed by atoms with Gasteiger partial charge in [-0.1, -0.05) is 27.7 Å². The maximum absolute atomic E-state index is 12.9. The van der Waals surface area contributed by atoms with Gasteiger partial charge in [0.15, 0.2) is 0 Å². The van der Waals surface area contributed by atoms with Gasteiger partial charge in [0.2, 0.25) is 5.91 Å². The van der Waals surface area contributed by atoms with Crippen molar-refractivity contribution < 1.29 is 19.2 Å². The molecule has 0 radical (unpaired) electrons. The number of carbonyl (C=O) groups is 4. The van der Waals surface area contributed by atoms with Crippen LogP contribution >= 0.6 is 0 Å². The van der Waals surface area contributed by atoms with Crippen LogP contribution in [0.1, 0.15) is 73.4 Å². The molecule has 38 heavy (non-hydrogen) atoms. The van der Waals surface area contributed by atoms with Gasteiger partial charge >= 0.3 is 0 Å². The minimum absolute atomic E-state index is 0.0441. The van der Waals surface area contributed by atoms with Crippen LogP contribution in [0.15, 0.2) is 18.2 Å². The highest BCUT2D eigenvalue weighted by Gasteiger charge is 2.26. The number of hydrogen-bond donors (Lipinski definition) is 4. The van der Waals surface area contributed by atoms with E-state index in [1.807, 2.05) is 27.7 Å². The Morgan fingerprint density at radius 1 is 1.08 bits per heavy atom. The monoisotopic (exact) mass is 521 g/mol. The van der Waals surface area contributed by atoms with Crippen molar-refractivity contribution in [2.75, 3.05) is 36.8 Å². The molecule has 2 aromatic rings. The third kappa shape index (κ3) is 6.77. The number of nitrogens with zero attached hydrogens (tertiary/aromatic N) is 1. The highest BCUT2D eigenvalue weighted by molar-refractivity contribution is 6.35. The molecule has 2 heterocycles. The fraction of sp³-hybridized carbons (Fsp3) is 0.448. The number of anilines is 2. The van der Waals surface area contributed by atoms with Gasteiger partial charge in [-0.15, -0.1) is 0 Å². The number of benzene rings is 1. The number of Topliss-reactive ketones (excluding diaryl/α,β-unsaturated/α-hetero) is 1. The number of carbonyl (C=O) groups excluding carboxylic acids is 4. The molecular formula is C29H39N5O4. The van der Waals surface area contributed by atoms with Gasteiger partial charge in [0.1, 0.15) is 5.78 Å². The molecule has 9 heteroatoms. The van der Waals surface area contributed by atoms with E-state index in [1.54, 1.807) is 24.3 Å². The summed E-state index contributed by atoms with van der Waals surface area (Å²) in [6.07, 6.45) is 2.04. The van der Waals surface area contributed by atoms with Crippen LogP contribution in [-0.4, -0.2) is 59.6 Å². The van der Waals surface area contributed by atoms with Crippen LogP contribution in [0.25, 0.3) is 11.6 Å². The Morgan fingerprint density at radius 3 is 2.45 bits per heavy atom. The zero-order chi connectivity index (χ0) is 28.0. The summed E-state index contributed by atoms with van der Waals surface area (Å²) in [7, 11) is 0. The molecule has 1 aliphatic heterocycles. The summed E-state index contributed by atoms with van der Waals surface area (Å²) in [6.45, 7) is 14.7. The highest BCUT2D eigenvalue weighted by atomic mass is 16.2. The second kappa shape index (κ2) is 12.7. The van der Waals surface area contributed by atoms with E-state index in [0.29, 0.717) is 40.3 Å². The number of aromatic amines is 1. The molecule has 0 spiro atoms. The highest BCUT2D eigenvalue weighted by Crippen LogP contribution is 2.36. The maximum atomic E-state index is 12.9. The zero-order valence-corrected chi connectivity index (χ0v) is 23.2. The summed E-state index contributed by atoms with van der Waals surface area (Å²) < 4.78 is 0. The van der Waals surface area contributed by atoms with Crippen LogP contribution in [0.2, 0.25) is 0 Å². The number of aryl methyl sites for hydroxylation is 1. The first-order valence-corrected chi connectivity index (χ1v) is 13.2. The Labute approximate surface area is 224 Å². The van der Waals surface area contributed by atoms with Crippen molar-refractivity contribution in [3.05, 3.63) is 46.3 Å². The van der Waals surface area contributed by atoms with Gasteiger partial charge in [-0.05, 0) is 56.8 Å². The zero-order valence-electron chi connectivity index (χ0n) is 23.2. The lowest BCUT2D eigenvalue weighted by Crippen LogP contribution is -2.35. The van der Waals surface area contributed by atoms with E-state index in [9.17, 15) is 19.2 Å². The van der Waals surface area contributed by atoms with Gasteiger partial charge < -0.3 is 25.8 Å². The van der Waals surface area contributed by atoms with E-state index in [-0.39, 0.29) is 42.3 Å². The van der Waals surface area contributed by atoms with E-state index < -0.39 is 0 Å². The Hall–Kier alpha value is -3.72. The summed E-state index contributed by atoms with van der Waals surface area (Å²) in [5.41, 5.74) is 5.02. The molecule has 1 aromatic heterocycles. The molecule has 204 valence electrons. The molecule has 1 aromatic carbocycles. The second-order valence-corrected chi connectivity index (χ2v) is 9.89. The summed E-state index contributed by atoms with van der Waals surface area (Å²) in [6, 6.07) is 5.20. The molecule has 1 aliphatic rings. The normalized spacial score (nSPS) is 13.7. The van der Waals surface area contributed by atoms with Crippen LogP contribution in [0.5, 0.6) is 0 Å². The van der Waals surface area contributed by atoms with Crippen LogP contribution in [0, 0.1) is 19.8 Å². The largest absolute Gasteiger partial charge is 0.358 e. The molecule has 4 N–H and O–H groups in total. The third-order valence-electron chi connectivity index (χ3n) is 6.93. The van der Waals surface area contributed by atoms with E-state index in [4.69, 9.17) is 0 Å². The maximum Gasteiger partial charge on any atom is 0.256 e. The summed E-state index contributed by atoms with van der Waals surface area (Å²) in [4.78, 5) is 55.4. The predicted octanol–water partition coefficient (Wildman–Crippen LogP) is 4.14. The fourth-order valence-corrected chi connectivity index (χ4v) is 4.52. The van der Waals surface area contributed by atoms with E-state index >= 15 is 0 Å². The van der Waals surface area contributed by atoms with Crippen molar-refractivity contribution in [1.29, 1.82) is 0 Å². The van der Waals surface area contributed by atoms with Gasteiger partial charge in [0, 0.05) is 60.2 Å². The van der Waals surface area contributed by atoms with Gasteiger partial charge in [-0.3, -0.25) is 19.2 Å². The first-order valence-electron chi connectivity index (χ1n) is 13.2. The Kier molecular flexibility index (Phi) is 9.63. The Morgan fingerprint density at radius 2 is 1.79 bits per heavy atom. The number of amides is 3. The molecule has 0 bridgehead atoms. The average Bonchev–Trinajstić information content (AvgIpc) is 3.34. The molecule has 0 unspecified atom stereocenters. The quantitative estimate of drug-likeness (QED) is 0.313. The molecule has 0 saturated heterocycles. The molecule has 0 saturated carbocycles. The molecular weight excluding hydrogens is 482 g/mol. The molecule has 9 nitrogen and oxygen atoms in total. The van der Waals surface area contributed by atoms with Gasteiger partial charge in [0.25, 0.3) is 11.8 Å². The van der Waals surface area contributed by atoms with E-state index in [1.165, 1.54) is 0 Å². The first-order chi connectivity index (χ1) is 18.0. The number of fused-ring (bicyclic) bond motifs is 1. The van der Waals surface area contributed by atoms with E-state index in [0.717, 1.165) is 30.9 Å². The van der Waals surface area contributed by atoms with Crippen molar-refractivity contribution >= 4 is 46.5 Å². The topological polar surface area (TPSA) is 123 Å². The molecule has 3 rings (SSSR count). The molecule has 0 atom stereocenters. The molecule has 0 fully saturated rings. The lowest BCUT2D eigenvalue weighted by Gasteiger charge is -2.18. The minimum Gasteiger partial charge on any atom is -0.358 e. The van der Waals surface area contributed by atoms with Crippen molar-refractivity contribution in [3.63, 3.8) is 0 Å². The van der Waals surface area contributed by atoms with Crippen molar-refractivity contribution in [2.45, 2.75) is 54.4 Å². The average molecular weight is 522 g/mol. The third-order valence-corrected chi connectivity index (χ3v) is 6.93. The summed E-state index contributed by atoms with van der Waals surface area (Å²) >= 11 is 0. The predicted molar refractivity (Wildman–Crippen MR) is 151 cm³/mol. The lowest BCUT2D eigenvalue weighted by molar-refractivity contribution is -0.124. The molecule has 0 aliphatic carbocycles. The number of ketones is 1. The van der Waals surface area contributed by atoms with Crippen molar-refractivity contribution in [2.24, 2.45) is 5.92 Å². The van der Waals surface area contributed by atoms with Gasteiger partial charge in [0.05, 0.1) is 11.1 Å². The Balaban J connectivity index is 1.78. The summed E-state index contributed by atoms with van der Waals surface area (Å²) in [5, 5.41) is 8.67. The number of aromatic nitrogens is 1. The van der Waals surface area contributed by atoms with Crippen LogP contribution in [-0.2, 0) is 14.4 Å². The number of rotatable bonds is 12. The van der Waals surface area contributed by atoms with E-state index in [2.05, 4.69) is 39.7 Å². The van der Waals surface area contributed by atoms with Crippen molar-refractivity contribution in [1.82, 2.24) is 15.2 Å². The van der Waals surface area contributed by atoms with Crippen molar-refractivity contribution in [3.8, 4) is 0 Å². The number of hydrogen-bond acceptors (Lipinski definition) is 5. The van der Waals surface area contributed by atoms with Gasteiger partial charge in [-0.25, -0.2) is 0 Å². The summed E-state index contributed by atoms with van der Waals surface area (Å²) in [5.74, 6) is -0.725. The second-order valence-electron chi connectivity index (χ2n) is 9.89. The van der Waals surface area contributed by atoms with Crippen LogP contribution < -0.4 is 16.0 Å². The SMILES string of the molecule is CCN(CC)CCNC(=O)c1c(C)[nH]c(/C=C2\C(=O)Nc3ccc(NC(=O)CCC(=O)C(C)C)cc32)c1C. The lowest BCUT2D eigenvalue weighted by atomic mass is 10.0. The number of likely N-dealkylation sites (N-methyl/N-ethyl adjacent to an activating group) is 1. The van der Waals surface area contributed by atoms with Crippen LogP contribution in [0.4, 0.5) is 11.4 Å². The number of nitrogens with one attached hydrogen (secondary N) is 4. The Bertz CT molecular complexity index is 1250. The van der Waals surface area contributed by atoms with Gasteiger partial charge in [-0.2, -0.15) is 0 Å². The standard InChI is InChI=1S/C29H39N5O4/c1-7-34(8-2)14-13-30-29(38)27-18(5)24(31-19(27)6)16-22-21-15-20(9-10-23(21)33-28(22)37)32-26(36)12-11-25(35)17(3)4/h9-10,15-17,31H,7-8,11-14H2,1-6H3,(H,30,38)(H,32,36)(H,33,37)/b22-16-. The van der Waals surface area contributed by atoms with Crippen LogP contribution in [0.3, 0.4) is 0 Å². The minimum atomic E-state index is -0.261. The smallest absolute Gasteiger partial charge is 0.256 e. The fourth-order valence-electron chi connectivity index (χ4n) is 4.52. The first kappa shape index (κ1) is 28.8. The number of H-pyrrole nitrogens is 1. The molecule has 3 amide bonds.